The maximum absolute atomic E-state index is 7.60. The van der Waals surface area contributed by atoms with Gasteiger partial charge < -0.3 is 11.5 Å². The fraction of sp³-hybridized carbons (Fsp3) is 0.154. The molecule has 2 aromatic rings. The Bertz CT molecular complexity index is 692. The molecule has 8 heteroatoms. The van der Waals surface area contributed by atoms with Gasteiger partial charge in [-0.2, -0.15) is 5.10 Å². The number of nitrogens with two attached hydrogens (primary N) is 2. The monoisotopic (exact) mass is 326 g/mol. The van der Waals surface area contributed by atoms with Crippen molar-refractivity contribution in [3.63, 3.8) is 0 Å². The van der Waals surface area contributed by atoms with Crippen molar-refractivity contribution in [1.29, 1.82) is 5.41 Å². The first kappa shape index (κ1) is 17.0. The third-order valence-corrected chi connectivity index (χ3v) is 3.27. The average molecular weight is 327 g/mol. The quantitative estimate of drug-likeness (QED) is 0.578. The highest BCUT2D eigenvalue weighted by Gasteiger charge is 2.21. The third kappa shape index (κ3) is 3.01. The summed E-state index contributed by atoms with van der Waals surface area (Å²) in [6.07, 6.45) is 4.99. The molecule has 1 aliphatic rings. The molecule has 3 rings (SSSR count). The number of hydrogen-bond donors (Lipinski definition) is 3. The number of halogens is 2. The van der Waals surface area contributed by atoms with E-state index in [1.165, 1.54) is 0 Å². The third-order valence-electron chi connectivity index (χ3n) is 3.27. The molecule has 0 unspecified atom stereocenters. The second-order valence-electron chi connectivity index (χ2n) is 4.42. The Balaban J connectivity index is 0.00000110. The van der Waals surface area contributed by atoms with Crippen molar-refractivity contribution in [2.75, 3.05) is 5.73 Å². The maximum atomic E-state index is 7.60. The molecular formula is C13H16Cl2N6. The van der Waals surface area contributed by atoms with Gasteiger partial charge in [0.15, 0.2) is 0 Å². The highest BCUT2D eigenvalue weighted by Crippen LogP contribution is 2.26. The van der Waals surface area contributed by atoms with Crippen LogP contribution in [0.15, 0.2) is 35.7 Å². The van der Waals surface area contributed by atoms with Gasteiger partial charge in [0.2, 0.25) is 5.95 Å². The van der Waals surface area contributed by atoms with Crippen molar-refractivity contribution in [1.82, 2.24) is 9.66 Å². The van der Waals surface area contributed by atoms with Crippen LogP contribution >= 0.6 is 24.8 Å². The van der Waals surface area contributed by atoms with Gasteiger partial charge in [-0.25, -0.2) is 9.66 Å². The van der Waals surface area contributed by atoms with Crippen LogP contribution in [0, 0.1) is 5.41 Å². The molecule has 0 saturated carbocycles. The van der Waals surface area contributed by atoms with E-state index >= 15 is 0 Å². The van der Waals surface area contributed by atoms with E-state index in [2.05, 4.69) is 10.1 Å². The van der Waals surface area contributed by atoms with Crippen LogP contribution in [0.25, 0.3) is 0 Å². The van der Waals surface area contributed by atoms with Crippen molar-refractivity contribution in [2.24, 2.45) is 10.8 Å². The smallest absolute Gasteiger partial charge is 0.221 e. The fourth-order valence-electron chi connectivity index (χ4n) is 2.38. The SMILES string of the molecule is Cl.Cl.N=C(N)c1cccc2c1CC/C2=N\n1ccnc1N. The minimum Gasteiger partial charge on any atom is -0.384 e. The molecule has 6 nitrogen and oxygen atoms in total. The van der Waals surface area contributed by atoms with Crippen molar-refractivity contribution < 1.29 is 0 Å². The molecule has 0 saturated heterocycles. The van der Waals surface area contributed by atoms with Crippen LogP contribution in [-0.2, 0) is 6.42 Å². The normalized spacial score (nSPS) is 14.2. The van der Waals surface area contributed by atoms with Gasteiger partial charge in [0.25, 0.3) is 0 Å². The highest BCUT2D eigenvalue weighted by molar-refractivity contribution is 6.08. The van der Waals surface area contributed by atoms with E-state index in [0.29, 0.717) is 5.95 Å². The molecule has 1 aliphatic carbocycles. The van der Waals surface area contributed by atoms with Crippen LogP contribution in [-0.4, -0.2) is 21.2 Å². The fourth-order valence-corrected chi connectivity index (χ4v) is 2.38. The number of nitrogens with one attached hydrogen (secondary N) is 1. The molecule has 0 amide bonds. The van der Waals surface area contributed by atoms with E-state index in [9.17, 15) is 0 Å². The van der Waals surface area contributed by atoms with Gasteiger partial charge in [-0.3, -0.25) is 5.41 Å². The summed E-state index contributed by atoms with van der Waals surface area (Å²) in [6.45, 7) is 0. The number of nitrogens with zero attached hydrogens (tertiary/aromatic N) is 3. The van der Waals surface area contributed by atoms with Gasteiger partial charge in [-0.05, 0) is 18.4 Å². The molecule has 0 spiro atoms. The van der Waals surface area contributed by atoms with Gasteiger partial charge in [-0.1, -0.05) is 18.2 Å². The Morgan fingerprint density at radius 1 is 1.29 bits per heavy atom. The predicted molar refractivity (Wildman–Crippen MR) is 88.8 cm³/mol. The average Bonchev–Trinajstić information content (AvgIpc) is 2.97. The topological polar surface area (TPSA) is 106 Å². The molecule has 0 radical (unpaired) electrons. The first-order valence-corrected chi connectivity index (χ1v) is 6.00. The minimum atomic E-state index is 0. The van der Waals surface area contributed by atoms with Gasteiger partial charge in [0.1, 0.15) is 5.84 Å². The van der Waals surface area contributed by atoms with Crippen molar-refractivity contribution in [2.45, 2.75) is 12.8 Å². The number of anilines is 1. The largest absolute Gasteiger partial charge is 0.384 e. The molecule has 0 aliphatic heterocycles. The second kappa shape index (κ2) is 6.60. The van der Waals surface area contributed by atoms with Crippen LogP contribution in [0.4, 0.5) is 5.95 Å². The summed E-state index contributed by atoms with van der Waals surface area (Å²) in [5.74, 6) is 0.462. The lowest BCUT2D eigenvalue weighted by Crippen LogP contribution is -2.13. The molecule has 0 atom stereocenters. The molecule has 1 heterocycles. The van der Waals surface area contributed by atoms with E-state index < -0.39 is 0 Å². The molecule has 5 N–H and O–H groups in total. The summed E-state index contributed by atoms with van der Waals surface area (Å²) in [4.78, 5) is 3.94. The Morgan fingerprint density at radius 2 is 2.05 bits per heavy atom. The molecular weight excluding hydrogens is 311 g/mol. The zero-order chi connectivity index (χ0) is 13.4. The van der Waals surface area contributed by atoms with E-state index in [1.807, 2.05) is 18.2 Å². The Hall–Kier alpha value is -2.05. The summed E-state index contributed by atoms with van der Waals surface area (Å²) in [7, 11) is 0. The van der Waals surface area contributed by atoms with Crippen LogP contribution in [0.1, 0.15) is 23.1 Å². The molecule has 0 bridgehead atoms. The van der Waals surface area contributed by atoms with Crippen LogP contribution < -0.4 is 11.5 Å². The molecule has 1 aromatic heterocycles. The zero-order valence-corrected chi connectivity index (χ0v) is 12.7. The van der Waals surface area contributed by atoms with Gasteiger partial charge in [-0.15, -0.1) is 24.8 Å². The number of imidazole rings is 1. The van der Waals surface area contributed by atoms with Crippen molar-refractivity contribution >= 4 is 42.3 Å². The maximum Gasteiger partial charge on any atom is 0.221 e. The Labute approximate surface area is 134 Å². The first-order chi connectivity index (χ1) is 9.16. The number of benzene rings is 1. The standard InChI is InChI=1S/C13H14N6.2ClH/c14-12(15)10-3-1-2-9-8(10)4-5-11(9)18-19-7-6-17-13(19)16;;/h1-3,6-7H,4-5H2,(H3,14,15)(H2,16,17);2*1H/b18-11+;;. The van der Waals surface area contributed by atoms with Crippen molar-refractivity contribution in [3.8, 4) is 0 Å². The summed E-state index contributed by atoms with van der Waals surface area (Å²) in [6, 6.07) is 5.77. The van der Waals surface area contributed by atoms with Crippen LogP contribution in [0.5, 0.6) is 0 Å². The summed E-state index contributed by atoms with van der Waals surface area (Å²) in [5, 5.41) is 12.1. The van der Waals surface area contributed by atoms with Gasteiger partial charge >= 0.3 is 0 Å². The first-order valence-electron chi connectivity index (χ1n) is 6.00. The van der Waals surface area contributed by atoms with Crippen LogP contribution in [0.3, 0.4) is 0 Å². The molecule has 0 fully saturated rings. The zero-order valence-electron chi connectivity index (χ0n) is 11.1. The number of amidine groups is 1. The number of nitrogen functional groups attached to an aromatic ring is 2. The van der Waals surface area contributed by atoms with E-state index in [0.717, 1.165) is 35.2 Å². The number of rotatable bonds is 2. The number of hydrogen-bond acceptors (Lipinski definition) is 4. The van der Waals surface area contributed by atoms with Gasteiger partial charge in [0, 0.05) is 17.3 Å². The Morgan fingerprint density at radius 3 is 2.67 bits per heavy atom. The van der Waals surface area contributed by atoms with Crippen molar-refractivity contribution in [3.05, 3.63) is 47.3 Å². The molecule has 1 aromatic carbocycles. The lowest BCUT2D eigenvalue weighted by atomic mass is 10.0. The minimum absolute atomic E-state index is 0. The second-order valence-corrected chi connectivity index (χ2v) is 4.42. The number of fused-ring (bicyclic) bond motifs is 1. The summed E-state index contributed by atoms with van der Waals surface area (Å²) >= 11 is 0. The number of aromatic nitrogens is 2. The van der Waals surface area contributed by atoms with E-state index in [-0.39, 0.29) is 30.6 Å². The summed E-state index contributed by atoms with van der Waals surface area (Å²) in [5.41, 5.74) is 15.2. The summed E-state index contributed by atoms with van der Waals surface area (Å²) < 4.78 is 1.56. The van der Waals surface area contributed by atoms with E-state index in [1.54, 1.807) is 17.1 Å². The molecule has 21 heavy (non-hydrogen) atoms. The predicted octanol–water partition coefficient (Wildman–Crippen LogP) is 1.79. The highest BCUT2D eigenvalue weighted by atomic mass is 35.5. The van der Waals surface area contributed by atoms with E-state index in [4.69, 9.17) is 16.9 Å². The van der Waals surface area contributed by atoms with Crippen LogP contribution in [0.2, 0.25) is 0 Å². The Kier molecular flexibility index (Phi) is 5.34. The van der Waals surface area contributed by atoms with Gasteiger partial charge in [0.05, 0.1) is 11.9 Å². The lowest BCUT2D eigenvalue weighted by Gasteiger charge is -2.06. The molecule has 112 valence electrons. The lowest BCUT2D eigenvalue weighted by molar-refractivity contribution is 0.883.